The predicted octanol–water partition coefficient (Wildman–Crippen LogP) is 5.66. The van der Waals surface area contributed by atoms with E-state index in [4.69, 9.17) is 14.2 Å². The summed E-state index contributed by atoms with van der Waals surface area (Å²) in [4.78, 5) is 0. The Morgan fingerprint density at radius 1 is 1.07 bits per heavy atom. The Morgan fingerprint density at radius 3 is 2.62 bits per heavy atom. The average Bonchev–Trinajstić information content (AvgIpc) is 3.14. The average molecular weight is 417 g/mol. The van der Waals surface area contributed by atoms with Gasteiger partial charge in [-0.25, -0.2) is 0 Å². The van der Waals surface area contributed by atoms with Crippen LogP contribution in [0.15, 0.2) is 47.8 Å². The summed E-state index contributed by atoms with van der Waals surface area (Å²) in [5.74, 6) is 1.25. The largest absolute Gasteiger partial charge is 0.486 e. The van der Waals surface area contributed by atoms with Crippen molar-refractivity contribution in [2.45, 2.75) is 12.8 Å². The third kappa shape index (κ3) is 4.00. The van der Waals surface area contributed by atoms with E-state index in [0.717, 1.165) is 17.7 Å². The Bertz CT molecular complexity index is 1090. The van der Waals surface area contributed by atoms with Gasteiger partial charge in [0.2, 0.25) is 0 Å². The molecule has 4 nitrogen and oxygen atoms in total. The number of hydrogen-bond donors (Lipinski definition) is 0. The van der Waals surface area contributed by atoms with Crippen LogP contribution in [0, 0.1) is 11.3 Å². The summed E-state index contributed by atoms with van der Waals surface area (Å²) < 4.78 is 55.3. The summed E-state index contributed by atoms with van der Waals surface area (Å²) in [6, 6.07) is 12.5. The van der Waals surface area contributed by atoms with Crippen LogP contribution >= 0.6 is 11.3 Å². The van der Waals surface area contributed by atoms with E-state index in [9.17, 15) is 18.4 Å². The lowest BCUT2D eigenvalue weighted by Gasteiger charge is -2.18. The second-order valence-electron chi connectivity index (χ2n) is 6.27. The minimum Gasteiger partial charge on any atom is -0.486 e. The van der Waals surface area contributed by atoms with Gasteiger partial charge in [0, 0.05) is 10.9 Å². The summed E-state index contributed by atoms with van der Waals surface area (Å²) in [7, 11) is 0. The standard InChI is InChI=1S/C21H14F3NO3S/c22-21(23,24)15-3-1-2-13(8-15)11-28-20-16(10-25)17(12-29-20)14-4-5-18-19(9-14)27-7-6-26-18/h1-5,8-9,12H,6-7,11H2. The van der Waals surface area contributed by atoms with Gasteiger partial charge in [-0.05, 0) is 35.4 Å². The van der Waals surface area contributed by atoms with E-state index in [0.29, 0.717) is 46.5 Å². The molecular weight excluding hydrogens is 403 g/mol. The molecule has 0 fully saturated rings. The van der Waals surface area contributed by atoms with Gasteiger partial charge in [0.1, 0.15) is 31.5 Å². The highest BCUT2D eigenvalue weighted by molar-refractivity contribution is 7.12. The Labute approximate surface area is 168 Å². The van der Waals surface area contributed by atoms with Crippen molar-refractivity contribution in [3.05, 3.63) is 64.5 Å². The van der Waals surface area contributed by atoms with Crippen molar-refractivity contribution in [1.82, 2.24) is 0 Å². The first kappa shape index (κ1) is 19.2. The molecule has 1 aliphatic heterocycles. The molecule has 2 aromatic carbocycles. The van der Waals surface area contributed by atoms with Gasteiger partial charge in [0.25, 0.3) is 0 Å². The normalized spacial score (nSPS) is 13.0. The Morgan fingerprint density at radius 2 is 1.86 bits per heavy atom. The van der Waals surface area contributed by atoms with Crippen molar-refractivity contribution in [2.24, 2.45) is 0 Å². The number of rotatable bonds is 4. The molecule has 0 radical (unpaired) electrons. The van der Waals surface area contributed by atoms with Crippen molar-refractivity contribution in [2.75, 3.05) is 13.2 Å². The Hall–Kier alpha value is -3.18. The topological polar surface area (TPSA) is 51.5 Å². The molecule has 0 bridgehead atoms. The highest BCUT2D eigenvalue weighted by atomic mass is 32.1. The maximum atomic E-state index is 12.9. The quantitative estimate of drug-likeness (QED) is 0.550. The van der Waals surface area contributed by atoms with Gasteiger partial charge in [-0.15, -0.1) is 11.3 Å². The Balaban J connectivity index is 1.56. The smallest absolute Gasteiger partial charge is 0.416 e. The van der Waals surface area contributed by atoms with Gasteiger partial charge in [-0.3, -0.25) is 0 Å². The van der Waals surface area contributed by atoms with E-state index in [-0.39, 0.29) is 6.61 Å². The van der Waals surface area contributed by atoms with Gasteiger partial charge in [0.05, 0.1) is 5.56 Å². The van der Waals surface area contributed by atoms with Crippen LogP contribution in [-0.2, 0) is 12.8 Å². The molecule has 148 valence electrons. The first-order valence-corrected chi connectivity index (χ1v) is 9.54. The van der Waals surface area contributed by atoms with Gasteiger partial charge in [-0.2, -0.15) is 18.4 Å². The van der Waals surface area contributed by atoms with Crippen molar-refractivity contribution in [1.29, 1.82) is 5.26 Å². The number of fused-ring (bicyclic) bond motifs is 1. The molecule has 3 aromatic rings. The van der Waals surface area contributed by atoms with Gasteiger partial charge < -0.3 is 14.2 Å². The first-order valence-electron chi connectivity index (χ1n) is 8.66. The molecule has 1 aliphatic rings. The summed E-state index contributed by atoms with van der Waals surface area (Å²) in [6.07, 6.45) is -4.41. The molecule has 0 saturated heterocycles. The van der Waals surface area contributed by atoms with E-state index in [1.165, 1.54) is 17.4 Å². The van der Waals surface area contributed by atoms with Crippen LogP contribution in [-0.4, -0.2) is 13.2 Å². The third-order valence-corrected chi connectivity index (χ3v) is 5.24. The van der Waals surface area contributed by atoms with Crippen LogP contribution in [0.1, 0.15) is 16.7 Å². The van der Waals surface area contributed by atoms with Gasteiger partial charge in [0.15, 0.2) is 16.6 Å². The van der Waals surface area contributed by atoms with Crippen LogP contribution in [0.4, 0.5) is 13.2 Å². The molecule has 2 heterocycles. The lowest BCUT2D eigenvalue weighted by Crippen LogP contribution is -2.15. The minimum absolute atomic E-state index is 0.0697. The maximum absolute atomic E-state index is 12.9. The van der Waals surface area contributed by atoms with Crippen molar-refractivity contribution in [3.63, 3.8) is 0 Å². The number of benzene rings is 2. The number of alkyl halides is 3. The first-order chi connectivity index (χ1) is 14.0. The zero-order chi connectivity index (χ0) is 20.4. The highest BCUT2D eigenvalue weighted by Gasteiger charge is 2.30. The Kier molecular flexibility index (Phi) is 5.07. The van der Waals surface area contributed by atoms with Gasteiger partial charge in [-0.1, -0.05) is 18.2 Å². The fourth-order valence-corrected chi connectivity index (χ4v) is 3.84. The molecule has 29 heavy (non-hydrogen) atoms. The van der Waals surface area contributed by atoms with Crippen LogP contribution in [0.25, 0.3) is 11.1 Å². The van der Waals surface area contributed by atoms with E-state index >= 15 is 0 Å². The predicted molar refractivity (Wildman–Crippen MR) is 101 cm³/mol. The van der Waals surface area contributed by atoms with E-state index in [1.54, 1.807) is 23.6 Å². The third-order valence-electron chi connectivity index (χ3n) is 4.35. The van der Waals surface area contributed by atoms with Crippen LogP contribution in [0.5, 0.6) is 16.6 Å². The molecule has 0 atom stereocenters. The minimum atomic E-state index is -4.41. The second kappa shape index (κ2) is 7.68. The summed E-state index contributed by atoms with van der Waals surface area (Å²) in [5, 5.41) is 11.7. The maximum Gasteiger partial charge on any atom is 0.416 e. The molecular formula is C21H14F3NO3S. The highest BCUT2D eigenvalue weighted by Crippen LogP contribution is 2.41. The van der Waals surface area contributed by atoms with Crippen molar-refractivity contribution >= 4 is 11.3 Å². The lowest BCUT2D eigenvalue weighted by molar-refractivity contribution is -0.137. The number of ether oxygens (including phenoxy) is 3. The molecule has 1 aromatic heterocycles. The van der Waals surface area contributed by atoms with Crippen LogP contribution in [0.2, 0.25) is 0 Å². The molecule has 0 unspecified atom stereocenters. The van der Waals surface area contributed by atoms with E-state index < -0.39 is 11.7 Å². The fourth-order valence-electron chi connectivity index (χ4n) is 2.96. The number of halogens is 3. The number of nitriles is 1. The number of hydrogen-bond acceptors (Lipinski definition) is 5. The molecule has 0 N–H and O–H groups in total. The SMILES string of the molecule is N#Cc1c(-c2ccc3c(c2)OCCO3)csc1OCc1cccc(C(F)(F)F)c1. The molecule has 4 rings (SSSR count). The molecule has 0 amide bonds. The monoisotopic (exact) mass is 417 g/mol. The molecule has 0 aliphatic carbocycles. The van der Waals surface area contributed by atoms with E-state index in [2.05, 4.69) is 6.07 Å². The summed E-state index contributed by atoms with van der Waals surface area (Å²) in [5.41, 5.74) is 1.42. The van der Waals surface area contributed by atoms with Gasteiger partial charge >= 0.3 is 6.18 Å². The van der Waals surface area contributed by atoms with E-state index in [1.807, 2.05) is 6.07 Å². The number of thiophene rings is 1. The van der Waals surface area contributed by atoms with Crippen molar-refractivity contribution < 1.29 is 27.4 Å². The molecule has 0 spiro atoms. The summed E-state index contributed by atoms with van der Waals surface area (Å²) >= 11 is 1.22. The zero-order valence-corrected chi connectivity index (χ0v) is 15.8. The number of nitrogens with zero attached hydrogens (tertiary/aromatic N) is 1. The van der Waals surface area contributed by atoms with Crippen LogP contribution < -0.4 is 14.2 Å². The molecule has 0 saturated carbocycles. The second-order valence-corrected chi connectivity index (χ2v) is 7.11. The van der Waals surface area contributed by atoms with Crippen LogP contribution in [0.3, 0.4) is 0 Å². The van der Waals surface area contributed by atoms with Crippen molar-refractivity contribution in [3.8, 4) is 33.8 Å². The summed E-state index contributed by atoms with van der Waals surface area (Å²) in [6.45, 7) is 0.873. The zero-order valence-electron chi connectivity index (χ0n) is 15.0. The lowest BCUT2D eigenvalue weighted by atomic mass is 10.0. The fraction of sp³-hybridized carbons (Fsp3) is 0.190. The molecule has 8 heteroatoms.